The van der Waals surface area contributed by atoms with E-state index in [2.05, 4.69) is 4.74 Å². The summed E-state index contributed by atoms with van der Waals surface area (Å²) in [7, 11) is 4.74. The molecule has 0 aromatic heterocycles. The van der Waals surface area contributed by atoms with E-state index in [-0.39, 0.29) is 17.8 Å². The van der Waals surface area contributed by atoms with Gasteiger partial charge in [0, 0.05) is 40.2 Å². The van der Waals surface area contributed by atoms with Gasteiger partial charge in [-0.1, -0.05) is 6.92 Å². The fourth-order valence-electron chi connectivity index (χ4n) is 1.48. The monoisotopic (exact) mass is 245 g/mol. The molecular formula is C12H23NO4. The molecule has 0 radical (unpaired) electrons. The van der Waals surface area contributed by atoms with Gasteiger partial charge >= 0.3 is 5.97 Å². The molecule has 0 heterocycles. The molecule has 0 aliphatic carbocycles. The van der Waals surface area contributed by atoms with E-state index in [4.69, 9.17) is 4.74 Å². The lowest BCUT2D eigenvalue weighted by Crippen LogP contribution is -2.30. The Morgan fingerprint density at radius 3 is 2.47 bits per heavy atom. The molecule has 0 saturated carbocycles. The van der Waals surface area contributed by atoms with Crippen LogP contribution >= 0.6 is 0 Å². The molecule has 17 heavy (non-hydrogen) atoms. The Labute approximate surface area is 103 Å². The smallest absolute Gasteiger partial charge is 0.305 e. The number of carbonyl (C=O) groups is 2. The van der Waals surface area contributed by atoms with Gasteiger partial charge in [-0.2, -0.15) is 0 Å². The third-order valence-corrected chi connectivity index (χ3v) is 2.50. The van der Waals surface area contributed by atoms with E-state index in [9.17, 15) is 9.59 Å². The van der Waals surface area contributed by atoms with E-state index in [1.54, 1.807) is 19.1 Å². The van der Waals surface area contributed by atoms with E-state index in [0.717, 1.165) is 0 Å². The van der Waals surface area contributed by atoms with Crippen LogP contribution in [0.25, 0.3) is 0 Å². The van der Waals surface area contributed by atoms with E-state index in [1.165, 1.54) is 7.11 Å². The van der Waals surface area contributed by atoms with Crippen LogP contribution < -0.4 is 0 Å². The van der Waals surface area contributed by atoms with Crippen LogP contribution in [-0.4, -0.2) is 51.2 Å². The van der Waals surface area contributed by atoms with Crippen LogP contribution in [0.2, 0.25) is 0 Å². The third-order valence-electron chi connectivity index (χ3n) is 2.50. The first-order chi connectivity index (χ1) is 8.01. The highest BCUT2D eigenvalue weighted by Crippen LogP contribution is 2.05. The zero-order valence-electron chi connectivity index (χ0n) is 11.2. The number of carbonyl (C=O) groups excluding carboxylic acids is 2. The maximum absolute atomic E-state index is 11.7. The highest BCUT2D eigenvalue weighted by Gasteiger charge is 2.13. The van der Waals surface area contributed by atoms with Crippen molar-refractivity contribution in [2.75, 3.05) is 34.4 Å². The Morgan fingerprint density at radius 1 is 1.29 bits per heavy atom. The van der Waals surface area contributed by atoms with Crippen LogP contribution in [0.15, 0.2) is 0 Å². The van der Waals surface area contributed by atoms with Crippen LogP contribution in [0, 0.1) is 5.92 Å². The minimum absolute atomic E-state index is 0.0828. The van der Waals surface area contributed by atoms with Crippen LogP contribution in [-0.2, 0) is 19.1 Å². The van der Waals surface area contributed by atoms with Crippen molar-refractivity contribution < 1.29 is 19.1 Å². The summed E-state index contributed by atoms with van der Waals surface area (Å²) in [6.45, 7) is 3.14. The van der Waals surface area contributed by atoms with Crippen LogP contribution in [0.5, 0.6) is 0 Å². The Kier molecular flexibility index (Phi) is 8.40. The first kappa shape index (κ1) is 15.9. The number of rotatable bonds is 8. The molecule has 1 unspecified atom stereocenters. The van der Waals surface area contributed by atoms with Gasteiger partial charge in [0.05, 0.1) is 7.11 Å². The lowest BCUT2D eigenvalue weighted by molar-refractivity contribution is -0.141. The Hall–Kier alpha value is -1.10. The van der Waals surface area contributed by atoms with E-state index >= 15 is 0 Å². The highest BCUT2D eigenvalue weighted by molar-refractivity contribution is 5.76. The average Bonchev–Trinajstić information content (AvgIpc) is 2.28. The van der Waals surface area contributed by atoms with Gasteiger partial charge in [0.25, 0.3) is 0 Å². The zero-order chi connectivity index (χ0) is 13.3. The Bertz CT molecular complexity index is 243. The third kappa shape index (κ3) is 7.74. The lowest BCUT2D eigenvalue weighted by Gasteiger charge is -2.19. The molecule has 5 heteroatoms. The summed E-state index contributed by atoms with van der Waals surface area (Å²) in [5.74, 6) is 0.0635. The molecule has 0 aromatic rings. The van der Waals surface area contributed by atoms with Crippen LogP contribution in [0.1, 0.15) is 26.2 Å². The molecule has 1 atom stereocenters. The van der Waals surface area contributed by atoms with Gasteiger partial charge in [0.2, 0.25) is 5.91 Å². The topological polar surface area (TPSA) is 55.8 Å². The maximum atomic E-state index is 11.7. The number of amides is 1. The fraction of sp³-hybridized carbons (Fsp3) is 0.833. The largest absolute Gasteiger partial charge is 0.469 e. The summed E-state index contributed by atoms with van der Waals surface area (Å²) in [5, 5.41) is 0. The van der Waals surface area contributed by atoms with Crippen molar-refractivity contribution >= 4 is 11.9 Å². The summed E-state index contributed by atoms with van der Waals surface area (Å²) in [4.78, 5) is 24.3. The van der Waals surface area contributed by atoms with Crippen molar-refractivity contribution in [3.8, 4) is 0 Å². The van der Waals surface area contributed by atoms with Gasteiger partial charge in [0.1, 0.15) is 0 Å². The van der Waals surface area contributed by atoms with Gasteiger partial charge in [-0.25, -0.2) is 0 Å². The molecule has 0 rings (SSSR count). The van der Waals surface area contributed by atoms with Crippen LogP contribution in [0.4, 0.5) is 0 Å². The van der Waals surface area contributed by atoms with Crippen molar-refractivity contribution in [3.05, 3.63) is 0 Å². The molecule has 100 valence electrons. The standard InChI is InChI=1S/C12H23NO4/c1-10(9-16-3)8-11(14)13(2)7-5-6-12(15)17-4/h10H,5-9H2,1-4H3. The molecular weight excluding hydrogens is 222 g/mol. The Morgan fingerprint density at radius 2 is 1.94 bits per heavy atom. The predicted molar refractivity (Wildman–Crippen MR) is 64.5 cm³/mol. The number of ether oxygens (including phenoxy) is 2. The Balaban J connectivity index is 3.78. The number of methoxy groups -OCH3 is 2. The quantitative estimate of drug-likeness (QED) is 0.600. The normalized spacial score (nSPS) is 12.0. The van der Waals surface area contributed by atoms with Crippen molar-refractivity contribution in [1.82, 2.24) is 4.90 Å². The minimum atomic E-state index is -0.237. The molecule has 1 amide bonds. The van der Waals surface area contributed by atoms with E-state index in [0.29, 0.717) is 32.4 Å². The predicted octanol–water partition coefficient (Wildman–Crippen LogP) is 1.07. The molecule has 0 aliphatic heterocycles. The second kappa shape index (κ2) is 8.98. The summed E-state index contributed by atoms with van der Waals surface area (Å²) in [5.41, 5.74) is 0. The van der Waals surface area contributed by atoms with Gasteiger partial charge in [0.15, 0.2) is 0 Å². The number of hydrogen-bond acceptors (Lipinski definition) is 4. The van der Waals surface area contributed by atoms with Crippen molar-refractivity contribution in [3.63, 3.8) is 0 Å². The molecule has 5 nitrogen and oxygen atoms in total. The first-order valence-electron chi connectivity index (χ1n) is 5.81. The van der Waals surface area contributed by atoms with Crippen molar-refractivity contribution in [2.45, 2.75) is 26.2 Å². The van der Waals surface area contributed by atoms with Gasteiger partial charge in [-0.05, 0) is 12.3 Å². The first-order valence-corrected chi connectivity index (χ1v) is 5.81. The molecule has 0 saturated heterocycles. The second-order valence-electron chi connectivity index (χ2n) is 4.26. The lowest BCUT2D eigenvalue weighted by atomic mass is 10.1. The summed E-state index contributed by atoms with van der Waals surface area (Å²) >= 11 is 0. The average molecular weight is 245 g/mol. The molecule has 0 aliphatic rings. The highest BCUT2D eigenvalue weighted by atomic mass is 16.5. The number of esters is 1. The molecule has 0 bridgehead atoms. The van der Waals surface area contributed by atoms with Crippen molar-refractivity contribution in [1.29, 1.82) is 0 Å². The summed E-state index contributed by atoms with van der Waals surface area (Å²) in [6, 6.07) is 0. The summed E-state index contributed by atoms with van der Waals surface area (Å²) in [6.07, 6.45) is 1.46. The number of hydrogen-bond donors (Lipinski definition) is 0. The van der Waals surface area contributed by atoms with E-state index in [1.807, 2.05) is 6.92 Å². The minimum Gasteiger partial charge on any atom is -0.469 e. The number of nitrogens with zero attached hydrogens (tertiary/aromatic N) is 1. The maximum Gasteiger partial charge on any atom is 0.305 e. The van der Waals surface area contributed by atoms with Gasteiger partial charge in [-0.15, -0.1) is 0 Å². The van der Waals surface area contributed by atoms with Gasteiger partial charge < -0.3 is 14.4 Å². The fourth-order valence-corrected chi connectivity index (χ4v) is 1.48. The van der Waals surface area contributed by atoms with E-state index < -0.39 is 0 Å². The molecule has 0 fully saturated rings. The van der Waals surface area contributed by atoms with Gasteiger partial charge in [-0.3, -0.25) is 9.59 Å². The zero-order valence-corrected chi connectivity index (χ0v) is 11.2. The van der Waals surface area contributed by atoms with Crippen molar-refractivity contribution in [2.24, 2.45) is 5.92 Å². The molecule has 0 aromatic carbocycles. The SMILES string of the molecule is COCC(C)CC(=O)N(C)CCCC(=O)OC. The summed E-state index contributed by atoms with van der Waals surface area (Å²) < 4.78 is 9.51. The second-order valence-corrected chi connectivity index (χ2v) is 4.26. The molecule has 0 spiro atoms. The van der Waals surface area contributed by atoms with Crippen LogP contribution in [0.3, 0.4) is 0 Å². The molecule has 0 N–H and O–H groups in total.